The smallest absolute Gasteiger partial charge is 0.355 e. The van der Waals surface area contributed by atoms with Crippen molar-refractivity contribution in [2.45, 2.75) is 84.1 Å². The van der Waals surface area contributed by atoms with Gasteiger partial charge in [-0.3, -0.25) is 29.3 Å². The molecule has 0 spiro atoms. The number of benzene rings is 3. The number of hydrogen-bond donors (Lipinski definition) is 3. The number of rotatable bonds is 10. The zero-order chi connectivity index (χ0) is 40.3. The molecule has 6 rings (SSSR count). The Balaban J connectivity index is 1.34. The molecule has 12 nitrogen and oxygen atoms in total. The van der Waals surface area contributed by atoms with Crippen molar-refractivity contribution >= 4 is 69.6 Å². The van der Waals surface area contributed by atoms with Crippen LogP contribution in [0.3, 0.4) is 0 Å². The molecule has 56 heavy (non-hydrogen) atoms. The summed E-state index contributed by atoms with van der Waals surface area (Å²) in [5.41, 5.74) is 2.41. The first kappa shape index (κ1) is 40.0. The number of nitrogens with one attached hydrogen (secondary N) is 3. The van der Waals surface area contributed by atoms with Crippen molar-refractivity contribution in [2.24, 2.45) is 0 Å². The summed E-state index contributed by atoms with van der Waals surface area (Å²) >= 11 is 12.5. The Labute approximate surface area is 334 Å². The van der Waals surface area contributed by atoms with Crippen LogP contribution in [0, 0.1) is 11.8 Å². The van der Waals surface area contributed by atoms with Gasteiger partial charge in [0.2, 0.25) is 23.6 Å². The average molecular weight is 799 g/mol. The van der Waals surface area contributed by atoms with Gasteiger partial charge in [-0.25, -0.2) is 4.79 Å². The maximum absolute atomic E-state index is 14.5. The van der Waals surface area contributed by atoms with E-state index < -0.39 is 41.3 Å². The van der Waals surface area contributed by atoms with Crippen molar-refractivity contribution in [3.63, 3.8) is 0 Å². The minimum atomic E-state index is -1.30. The van der Waals surface area contributed by atoms with Crippen LogP contribution in [-0.2, 0) is 37.0 Å². The number of piperidine rings is 1. The fourth-order valence-electron chi connectivity index (χ4n) is 6.99. The predicted molar refractivity (Wildman–Crippen MR) is 211 cm³/mol. The Kier molecular flexibility index (Phi) is 11.9. The summed E-state index contributed by atoms with van der Waals surface area (Å²) in [5.74, 6) is 3.37. The van der Waals surface area contributed by atoms with Crippen LogP contribution in [0.1, 0.15) is 103 Å². The summed E-state index contributed by atoms with van der Waals surface area (Å²) in [6.45, 7) is 7.36. The SMILES string of the molecule is CCOC(=O)c1[nH]c2cc(Cl)ccc2c1C(C(=O)NC(C)(C)C)N(Cc1ccc(Cl)cc1)C(=O)CCC#Cc1cccc2c1CN(C1CCC(=O)NC1=O)C2=O. The summed E-state index contributed by atoms with van der Waals surface area (Å²) in [4.78, 5) is 86.1. The molecule has 3 N–H and O–H groups in total. The third-order valence-corrected chi connectivity index (χ3v) is 9.95. The molecule has 2 atom stereocenters. The number of halogens is 2. The summed E-state index contributed by atoms with van der Waals surface area (Å²) < 4.78 is 5.41. The van der Waals surface area contributed by atoms with Gasteiger partial charge < -0.3 is 24.8 Å². The third-order valence-electron chi connectivity index (χ3n) is 9.47. The highest BCUT2D eigenvalue weighted by atomic mass is 35.5. The molecule has 1 aromatic heterocycles. The highest BCUT2D eigenvalue weighted by Gasteiger charge is 2.40. The molecule has 3 aromatic carbocycles. The molecule has 0 saturated carbocycles. The molecule has 0 radical (unpaired) electrons. The van der Waals surface area contributed by atoms with Gasteiger partial charge in [-0.1, -0.05) is 59.3 Å². The Morgan fingerprint density at radius 2 is 1.77 bits per heavy atom. The first-order valence-electron chi connectivity index (χ1n) is 18.2. The van der Waals surface area contributed by atoms with Crippen LogP contribution in [0.25, 0.3) is 10.9 Å². The number of aromatic amines is 1. The zero-order valence-corrected chi connectivity index (χ0v) is 32.9. The minimum absolute atomic E-state index is 0.0152. The van der Waals surface area contributed by atoms with E-state index in [0.29, 0.717) is 43.2 Å². The Morgan fingerprint density at radius 3 is 2.46 bits per heavy atom. The lowest BCUT2D eigenvalue weighted by molar-refractivity contribution is -0.142. The van der Waals surface area contributed by atoms with Crippen LogP contribution in [0.2, 0.25) is 10.0 Å². The monoisotopic (exact) mass is 797 g/mol. The number of carbonyl (C=O) groups is 6. The van der Waals surface area contributed by atoms with Gasteiger partial charge in [0.15, 0.2) is 0 Å². The van der Waals surface area contributed by atoms with Gasteiger partial charge in [0.1, 0.15) is 17.8 Å². The normalized spacial score (nSPS) is 15.8. The van der Waals surface area contributed by atoms with E-state index in [1.165, 1.54) is 9.80 Å². The number of carbonyl (C=O) groups excluding carboxylic acids is 6. The van der Waals surface area contributed by atoms with Gasteiger partial charge in [0.25, 0.3) is 5.91 Å². The summed E-state index contributed by atoms with van der Waals surface area (Å²) in [5, 5.41) is 6.74. The van der Waals surface area contributed by atoms with E-state index in [1.807, 2.05) is 20.8 Å². The highest BCUT2D eigenvalue weighted by Crippen LogP contribution is 2.36. The summed E-state index contributed by atoms with van der Waals surface area (Å²) in [6.07, 6.45) is 0.373. The van der Waals surface area contributed by atoms with Crippen molar-refractivity contribution < 1.29 is 33.5 Å². The average Bonchev–Trinajstić information content (AvgIpc) is 3.67. The standard InChI is InChI=1S/C42H41Cl2N5O7/c1-5-56-41(55)36-35(29-18-17-27(44)21-31(29)45-36)37(39(53)47-42(2,3)4)49(22-24-13-15-26(43)16-14-24)34(51)12-7-6-9-25-10-8-11-28-30(25)23-48(40(28)54)32-19-20-33(50)46-38(32)52/h8,10-11,13-18,21,32,37,45H,5,7,12,19-20,22-23H2,1-4H3,(H,47,53)(H,46,50,52). The highest BCUT2D eigenvalue weighted by molar-refractivity contribution is 6.31. The van der Waals surface area contributed by atoms with Crippen molar-refractivity contribution in [1.29, 1.82) is 0 Å². The van der Waals surface area contributed by atoms with Crippen LogP contribution in [0.15, 0.2) is 60.7 Å². The molecular formula is C42H41Cl2N5O7. The molecule has 290 valence electrons. The van der Waals surface area contributed by atoms with Gasteiger partial charge in [-0.15, -0.1) is 0 Å². The Morgan fingerprint density at radius 1 is 1.04 bits per heavy atom. The molecule has 4 aromatic rings. The molecule has 2 unspecified atom stereocenters. The van der Waals surface area contributed by atoms with E-state index >= 15 is 0 Å². The molecule has 1 saturated heterocycles. The molecule has 14 heteroatoms. The maximum atomic E-state index is 14.5. The van der Waals surface area contributed by atoms with Crippen LogP contribution >= 0.6 is 23.2 Å². The van der Waals surface area contributed by atoms with Crippen LogP contribution in [0.5, 0.6) is 0 Å². The van der Waals surface area contributed by atoms with Crippen LogP contribution in [0.4, 0.5) is 0 Å². The second-order valence-electron chi connectivity index (χ2n) is 14.6. The fraction of sp³-hybridized carbons (Fsp3) is 0.333. The lowest BCUT2D eigenvalue weighted by Crippen LogP contribution is -2.52. The number of amides is 5. The largest absolute Gasteiger partial charge is 0.461 e. The minimum Gasteiger partial charge on any atom is -0.461 e. The molecule has 3 heterocycles. The van der Waals surface area contributed by atoms with E-state index in [2.05, 4.69) is 27.5 Å². The first-order chi connectivity index (χ1) is 26.6. The number of fused-ring (bicyclic) bond motifs is 2. The zero-order valence-electron chi connectivity index (χ0n) is 31.4. The van der Waals surface area contributed by atoms with Crippen molar-refractivity contribution in [3.8, 4) is 11.8 Å². The quantitative estimate of drug-likeness (QED) is 0.0976. The molecule has 0 aliphatic carbocycles. The van der Waals surface area contributed by atoms with E-state index in [1.54, 1.807) is 67.6 Å². The summed E-state index contributed by atoms with van der Waals surface area (Å²) in [7, 11) is 0. The van der Waals surface area contributed by atoms with Gasteiger partial charge in [-0.05, 0) is 81.6 Å². The topological polar surface area (TPSA) is 158 Å². The van der Waals surface area contributed by atoms with Crippen molar-refractivity contribution in [3.05, 3.63) is 104 Å². The second-order valence-corrected chi connectivity index (χ2v) is 15.5. The maximum Gasteiger partial charge on any atom is 0.355 e. The van der Waals surface area contributed by atoms with E-state index in [9.17, 15) is 28.8 Å². The van der Waals surface area contributed by atoms with Gasteiger partial charge in [0, 0.05) is 75.5 Å². The van der Waals surface area contributed by atoms with E-state index in [-0.39, 0.29) is 68.5 Å². The molecule has 2 aliphatic rings. The first-order valence-corrected chi connectivity index (χ1v) is 19.0. The molecule has 0 bridgehead atoms. The number of esters is 1. The Hall–Kier alpha value is -5.64. The third kappa shape index (κ3) is 8.75. The lowest BCUT2D eigenvalue weighted by Gasteiger charge is -2.34. The van der Waals surface area contributed by atoms with E-state index in [4.69, 9.17) is 27.9 Å². The molecule has 2 aliphatic heterocycles. The number of aromatic nitrogens is 1. The number of H-pyrrole nitrogens is 1. The van der Waals surface area contributed by atoms with Crippen molar-refractivity contribution in [1.82, 2.24) is 25.4 Å². The number of hydrogen-bond acceptors (Lipinski definition) is 7. The van der Waals surface area contributed by atoms with Gasteiger partial charge >= 0.3 is 5.97 Å². The van der Waals surface area contributed by atoms with Gasteiger partial charge in [-0.2, -0.15) is 0 Å². The number of ether oxygens (including phenoxy) is 1. The Bertz CT molecular complexity index is 2300. The van der Waals surface area contributed by atoms with Crippen LogP contribution < -0.4 is 10.6 Å². The lowest BCUT2D eigenvalue weighted by atomic mass is 9.97. The number of imide groups is 1. The van der Waals surface area contributed by atoms with Crippen LogP contribution in [-0.4, -0.2) is 68.5 Å². The van der Waals surface area contributed by atoms with Crippen molar-refractivity contribution in [2.75, 3.05) is 6.61 Å². The van der Waals surface area contributed by atoms with E-state index in [0.717, 1.165) is 0 Å². The fourth-order valence-corrected chi connectivity index (χ4v) is 7.29. The molecular weight excluding hydrogens is 757 g/mol. The summed E-state index contributed by atoms with van der Waals surface area (Å²) in [6, 6.07) is 15.0. The molecule has 1 fully saturated rings. The second kappa shape index (κ2) is 16.6. The number of nitrogens with zero attached hydrogens (tertiary/aromatic N) is 2. The van der Waals surface area contributed by atoms with Gasteiger partial charge in [0.05, 0.1) is 6.61 Å². The predicted octanol–water partition coefficient (Wildman–Crippen LogP) is 6.23. The molecule has 5 amide bonds.